The predicted octanol–water partition coefficient (Wildman–Crippen LogP) is 5.65. The van der Waals surface area contributed by atoms with Gasteiger partial charge in [-0.1, -0.05) is 17.3 Å². The van der Waals surface area contributed by atoms with Gasteiger partial charge in [-0.2, -0.15) is 0 Å². The summed E-state index contributed by atoms with van der Waals surface area (Å²) in [7, 11) is 5.69. The second kappa shape index (κ2) is 10.2. The molecule has 1 aliphatic rings. The van der Waals surface area contributed by atoms with E-state index < -0.39 is 0 Å². The summed E-state index contributed by atoms with van der Waals surface area (Å²) in [4.78, 5) is 15.0. The molecule has 0 radical (unpaired) electrons. The highest BCUT2D eigenvalue weighted by molar-refractivity contribution is 6.04. The van der Waals surface area contributed by atoms with Crippen molar-refractivity contribution in [3.63, 3.8) is 0 Å². The molecule has 6 nitrogen and oxygen atoms in total. The number of oxime groups is 1. The van der Waals surface area contributed by atoms with E-state index in [2.05, 4.69) is 68.6 Å². The summed E-state index contributed by atoms with van der Waals surface area (Å²) in [5.74, 6) is 0.879. The van der Waals surface area contributed by atoms with Crippen LogP contribution >= 0.6 is 0 Å². The molecule has 0 fully saturated rings. The Labute approximate surface area is 206 Å². The number of hydrogen-bond donors (Lipinski definition) is 1. The van der Waals surface area contributed by atoms with Crippen LogP contribution in [0, 0.1) is 0 Å². The van der Waals surface area contributed by atoms with Crippen LogP contribution in [0.4, 0.5) is 0 Å². The molecule has 0 bridgehead atoms. The number of benzene rings is 2. The van der Waals surface area contributed by atoms with Crippen LogP contribution in [0.25, 0.3) is 33.6 Å². The Kier molecular flexibility index (Phi) is 6.64. The molecule has 35 heavy (non-hydrogen) atoms. The standard InChI is InChI=1S/C29H30N4O2/c1-33(2)16-17-35-24-8-4-21(5-9-24)28-19-26(20-12-14-30-15-13-20)29(31-28)23-6-10-25-22(18-23)7-11-27(25)32-34-3/h4-6,8-10,12-15,18-19,31H,7,11,16-17H2,1-3H3. The highest BCUT2D eigenvalue weighted by Crippen LogP contribution is 2.38. The first-order chi connectivity index (χ1) is 17.1. The zero-order valence-electron chi connectivity index (χ0n) is 20.4. The van der Waals surface area contributed by atoms with Gasteiger partial charge in [0.1, 0.15) is 19.5 Å². The molecule has 0 unspecified atom stereocenters. The number of nitrogens with zero attached hydrogens (tertiary/aromatic N) is 3. The van der Waals surface area contributed by atoms with E-state index in [1.807, 2.05) is 38.6 Å². The number of nitrogens with one attached hydrogen (secondary N) is 1. The number of aromatic nitrogens is 2. The van der Waals surface area contributed by atoms with Gasteiger partial charge in [-0.05, 0) is 97.7 Å². The number of hydrogen-bond acceptors (Lipinski definition) is 5. The van der Waals surface area contributed by atoms with Gasteiger partial charge in [0.05, 0.1) is 11.4 Å². The van der Waals surface area contributed by atoms with E-state index in [4.69, 9.17) is 9.57 Å². The molecule has 0 spiro atoms. The smallest absolute Gasteiger partial charge is 0.119 e. The number of aromatic amines is 1. The normalized spacial score (nSPS) is 13.9. The summed E-state index contributed by atoms with van der Waals surface area (Å²) in [5.41, 5.74) is 10.2. The Morgan fingerprint density at radius 3 is 2.40 bits per heavy atom. The van der Waals surface area contributed by atoms with Gasteiger partial charge in [0.2, 0.25) is 0 Å². The lowest BCUT2D eigenvalue weighted by Crippen LogP contribution is -2.19. The minimum atomic E-state index is 0.667. The van der Waals surface area contributed by atoms with Crippen molar-refractivity contribution in [3.8, 4) is 39.4 Å². The maximum Gasteiger partial charge on any atom is 0.119 e. The Hall–Kier alpha value is -3.90. The van der Waals surface area contributed by atoms with Crippen molar-refractivity contribution in [1.82, 2.24) is 14.9 Å². The van der Waals surface area contributed by atoms with Crippen molar-refractivity contribution < 1.29 is 9.57 Å². The Bertz CT molecular complexity index is 1320. The fourth-order valence-electron chi connectivity index (χ4n) is 4.50. The lowest BCUT2D eigenvalue weighted by molar-refractivity contribution is 0.213. The van der Waals surface area contributed by atoms with Gasteiger partial charge >= 0.3 is 0 Å². The topological polar surface area (TPSA) is 62.7 Å². The predicted molar refractivity (Wildman–Crippen MR) is 141 cm³/mol. The molecule has 2 aromatic heterocycles. The van der Waals surface area contributed by atoms with Gasteiger partial charge in [-0.15, -0.1) is 0 Å². The van der Waals surface area contributed by atoms with Gasteiger partial charge in [-0.25, -0.2) is 0 Å². The number of aryl methyl sites for hydroxylation is 1. The first-order valence-corrected chi connectivity index (χ1v) is 11.9. The molecule has 1 N–H and O–H groups in total. The Morgan fingerprint density at radius 2 is 1.66 bits per heavy atom. The molecule has 0 atom stereocenters. The SMILES string of the molecule is CON=C1CCc2cc(-c3[nH]c(-c4ccc(OCCN(C)C)cc4)cc3-c3ccncc3)ccc21. The first-order valence-electron chi connectivity index (χ1n) is 11.9. The van der Waals surface area contributed by atoms with Crippen LogP contribution in [-0.2, 0) is 11.3 Å². The van der Waals surface area contributed by atoms with Crippen LogP contribution in [0.1, 0.15) is 17.5 Å². The van der Waals surface area contributed by atoms with Crippen molar-refractivity contribution in [2.75, 3.05) is 34.4 Å². The van der Waals surface area contributed by atoms with Crippen molar-refractivity contribution in [3.05, 3.63) is 84.2 Å². The summed E-state index contributed by atoms with van der Waals surface area (Å²) in [6.07, 6.45) is 5.55. The molecule has 178 valence electrons. The van der Waals surface area contributed by atoms with Gasteiger partial charge in [0, 0.05) is 35.8 Å². The second-order valence-corrected chi connectivity index (χ2v) is 8.98. The monoisotopic (exact) mass is 466 g/mol. The van der Waals surface area contributed by atoms with E-state index in [9.17, 15) is 0 Å². The van der Waals surface area contributed by atoms with E-state index in [0.717, 1.165) is 64.5 Å². The molecule has 1 aliphatic carbocycles. The third-order valence-electron chi connectivity index (χ3n) is 6.32. The average molecular weight is 467 g/mol. The van der Waals surface area contributed by atoms with Crippen LogP contribution in [-0.4, -0.2) is 54.9 Å². The minimum absolute atomic E-state index is 0.667. The molecule has 0 saturated heterocycles. The first kappa shape index (κ1) is 22.9. The van der Waals surface area contributed by atoms with Crippen molar-refractivity contribution >= 4 is 5.71 Å². The largest absolute Gasteiger partial charge is 0.492 e. The highest BCUT2D eigenvalue weighted by atomic mass is 16.6. The fourth-order valence-corrected chi connectivity index (χ4v) is 4.50. The summed E-state index contributed by atoms with van der Waals surface area (Å²) < 4.78 is 5.87. The van der Waals surface area contributed by atoms with E-state index in [1.165, 1.54) is 11.1 Å². The molecule has 0 amide bonds. The lowest BCUT2D eigenvalue weighted by Gasteiger charge is -2.11. The maximum atomic E-state index is 5.87. The molecule has 2 heterocycles. The van der Waals surface area contributed by atoms with Gasteiger partial charge < -0.3 is 19.5 Å². The van der Waals surface area contributed by atoms with Crippen molar-refractivity contribution in [2.45, 2.75) is 12.8 Å². The summed E-state index contributed by atoms with van der Waals surface area (Å²) in [5, 5.41) is 4.20. The maximum absolute atomic E-state index is 5.87. The number of likely N-dealkylation sites (N-methyl/N-ethyl adjacent to an activating group) is 1. The van der Waals surface area contributed by atoms with Gasteiger partial charge in [0.25, 0.3) is 0 Å². The number of pyridine rings is 1. The fraction of sp³-hybridized carbons (Fsp3) is 0.241. The van der Waals surface area contributed by atoms with E-state index in [1.54, 1.807) is 7.11 Å². The van der Waals surface area contributed by atoms with Gasteiger partial charge in [0.15, 0.2) is 0 Å². The van der Waals surface area contributed by atoms with Crippen LogP contribution in [0.5, 0.6) is 5.75 Å². The molecule has 0 aliphatic heterocycles. The summed E-state index contributed by atoms with van der Waals surface area (Å²) >= 11 is 0. The molecule has 2 aromatic carbocycles. The Morgan fingerprint density at radius 1 is 0.886 bits per heavy atom. The lowest BCUT2D eigenvalue weighted by atomic mass is 9.99. The zero-order chi connectivity index (χ0) is 24.2. The van der Waals surface area contributed by atoms with Crippen LogP contribution in [0.3, 0.4) is 0 Å². The third kappa shape index (κ3) is 4.98. The van der Waals surface area contributed by atoms with Crippen molar-refractivity contribution in [2.24, 2.45) is 5.16 Å². The minimum Gasteiger partial charge on any atom is -0.492 e. The number of ether oxygens (including phenoxy) is 1. The highest BCUT2D eigenvalue weighted by Gasteiger charge is 2.21. The average Bonchev–Trinajstić information content (AvgIpc) is 3.50. The van der Waals surface area contributed by atoms with Crippen molar-refractivity contribution in [1.29, 1.82) is 0 Å². The second-order valence-electron chi connectivity index (χ2n) is 8.98. The number of H-pyrrole nitrogens is 1. The van der Waals surface area contributed by atoms with Crippen LogP contribution in [0.15, 0.2) is 78.2 Å². The molecule has 6 heteroatoms. The molecule has 4 aromatic rings. The summed E-state index contributed by atoms with van der Waals surface area (Å²) in [6.45, 7) is 1.55. The van der Waals surface area contributed by atoms with E-state index in [-0.39, 0.29) is 0 Å². The van der Waals surface area contributed by atoms with Crippen LogP contribution < -0.4 is 4.74 Å². The third-order valence-corrected chi connectivity index (χ3v) is 6.32. The molecule has 0 saturated carbocycles. The van der Waals surface area contributed by atoms with Gasteiger partial charge in [-0.3, -0.25) is 4.98 Å². The molecule has 5 rings (SSSR count). The Balaban J connectivity index is 1.49. The summed E-state index contributed by atoms with van der Waals surface area (Å²) in [6, 6.07) is 21.2. The number of rotatable bonds is 8. The van der Waals surface area contributed by atoms with E-state index >= 15 is 0 Å². The molecular weight excluding hydrogens is 436 g/mol. The zero-order valence-corrected chi connectivity index (χ0v) is 20.4. The van der Waals surface area contributed by atoms with Crippen LogP contribution in [0.2, 0.25) is 0 Å². The number of fused-ring (bicyclic) bond motifs is 1. The van der Waals surface area contributed by atoms with E-state index in [0.29, 0.717) is 6.61 Å². The molecular formula is C29H30N4O2. The quantitative estimate of drug-likeness (QED) is 0.341.